The van der Waals surface area contributed by atoms with E-state index in [0.29, 0.717) is 6.61 Å². The van der Waals surface area contributed by atoms with E-state index in [0.717, 1.165) is 51.6 Å². The molecule has 0 atom stereocenters. The summed E-state index contributed by atoms with van der Waals surface area (Å²) in [6.07, 6.45) is 1.15. The van der Waals surface area contributed by atoms with Crippen molar-refractivity contribution in [1.29, 1.82) is 0 Å². The van der Waals surface area contributed by atoms with Crippen LogP contribution in [0.3, 0.4) is 0 Å². The van der Waals surface area contributed by atoms with Gasteiger partial charge in [-0.25, -0.2) is 0 Å². The Morgan fingerprint density at radius 1 is 1.10 bits per heavy atom. The summed E-state index contributed by atoms with van der Waals surface area (Å²) >= 11 is 0. The topological polar surface area (TPSA) is 33.7 Å². The van der Waals surface area contributed by atoms with Gasteiger partial charge in [0.1, 0.15) is 12.4 Å². The third kappa shape index (κ3) is 8.05. The van der Waals surface area contributed by atoms with Crippen molar-refractivity contribution in [2.45, 2.75) is 26.8 Å². The van der Waals surface area contributed by atoms with E-state index >= 15 is 0 Å². The zero-order valence-corrected chi connectivity index (χ0v) is 13.7. The van der Waals surface area contributed by atoms with Gasteiger partial charge in [-0.3, -0.25) is 0 Å². The van der Waals surface area contributed by atoms with Crippen LogP contribution < -0.4 is 10.1 Å². The number of para-hydroxylation sites is 1. The Morgan fingerprint density at radius 2 is 1.86 bits per heavy atom. The van der Waals surface area contributed by atoms with Crippen LogP contribution >= 0.6 is 0 Å². The Kier molecular flexibility index (Phi) is 9.87. The van der Waals surface area contributed by atoms with Crippen molar-refractivity contribution in [3.63, 3.8) is 0 Å². The van der Waals surface area contributed by atoms with Gasteiger partial charge in [-0.2, -0.15) is 0 Å². The molecule has 4 heteroatoms. The molecule has 1 rings (SSSR count). The molecule has 0 aromatic heterocycles. The van der Waals surface area contributed by atoms with E-state index in [2.05, 4.69) is 36.3 Å². The minimum Gasteiger partial charge on any atom is -0.492 e. The zero-order valence-electron chi connectivity index (χ0n) is 13.7. The number of rotatable bonds is 12. The van der Waals surface area contributed by atoms with Crippen LogP contribution in [0, 0.1) is 0 Å². The van der Waals surface area contributed by atoms with Gasteiger partial charge in [0.15, 0.2) is 0 Å². The first kappa shape index (κ1) is 18.0. The number of ether oxygens (including phenoxy) is 2. The summed E-state index contributed by atoms with van der Waals surface area (Å²) in [7, 11) is 2.09. The predicted molar refractivity (Wildman–Crippen MR) is 87.9 cm³/mol. The number of nitrogens with one attached hydrogen (secondary N) is 1. The van der Waals surface area contributed by atoms with Crippen LogP contribution in [0.2, 0.25) is 0 Å². The Balaban J connectivity index is 2.30. The minimum absolute atomic E-state index is 0.702. The standard InChI is InChI=1S/C17H30N2O2/c1-4-10-18-15-16-8-6-7-9-17(16)21-14-12-19(3)11-13-20-5-2/h6-9,18H,4-5,10-15H2,1-3H3. The van der Waals surface area contributed by atoms with Crippen molar-refractivity contribution < 1.29 is 9.47 Å². The van der Waals surface area contributed by atoms with Crippen molar-refractivity contribution in [2.24, 2.45) is 0 Å². The lowest BCUT2D eigenvalue weighted by molar-refractivity contribution is 0.116. The Morgan fingerprint density at radius 3 is 2.62 bits per heavy atom. The molecule has 1 aromatic carbocycles. The van der Waals surface area contributed by atoms with Gasteiger partial charge in [0.25, 0.3) is 0 Å². The molecule has 4 nitrogen and oxygen atoms in total. The van der Waals surface area contributed by atoms with Gasteiger partial charge in [-0.05, 0) is 33.0 Å². The molecule has 0 spiro atoms. The molecule has 0 radical (unpaired) electrons. The van der Waals surface area contributed by atoms with Crippen LogP contribution in [0.15, 0.2) is 24.3 Å². The maximum atomic E-state index is 5.92. The number of likely N-dealkylation sites (N-methyl/N-ethyl adjacent to an activating group) is 1. The molecular formula is C17H30N2O2. The second-order valence-electron chi connectivity index (χ2n) is 5.13. The molecule has 0 aliphatic rings. The van der Waals surface area contributed by atoms with Gasteiger partial charge in [-0.15, -0.1) is 0 Å². The van der Waals surface area contributed by atoms with E-state index in [9.17, 15) is 0 Å². The van der Waals surface area contributed by atoms with E-state index in [4.69, 9.17) is 9.47 Å². The molecule has 21 heavy (non-hydrogen) atoms. The number of benzene rings is 1. The fourth-order valence-electron chi connectivity index (χ4n) is 1.98. The minimum atomic E-state index is 0.702. The van der Waals surface area contributed by atoms with Gasteiger partial charge >= 0.3 is 0 Å². The maximum Gasteiger partial charge on any atom is 0.123 e. The molecule has 0 aliphatic heterocycles. The second kappa shape index (κ2) is 11.5. The van der Waals surface area contributed by atoms with E-state index in [1.807, 2.05) is 19.1 Å². The van der Waals surface area contributed by atoms with Crippen LogP contribution in [0.4, 0.5) is 0 Å². The summed E-state index contributed by atoms with van der Waals surface area (Å²) in [5, 5.41) is 3.42. The van der Waals surface area contributed by atoms with E-state index in [1.165, 1.54) is 5.56 Å². The lowest BCUT2D eigenvalue weighted by Crippen LogP contribution is -2.28. The fraction of sp³-hybridized carbons (Fsp3) is 0.647. The molecule has 1 N–H and O–H groups in total. The van der Waals surface area contributed by atoms with Crippen LogP contribution in [0.25, 0.3) is 0 Å². The molecule has 0 heterocycles. The van der Waals surface area contributed by atoms with Crippen LogP contribution in [-0.2, 0) is 11.3 Å². The lowest BCUT2D eigenvalue weighted by Gasteiger charge is -2.18. The van der Waals surface area contributed by atoms with E-state index < -0.39 is 0 Å². The van der Waals surface area contributed by atoms with Gasteiger partial charge < -0.3 is 19.7 Å². The Hall–Kier alpha value is -1.10. The second-order valence-corrected chi connectivity index (χ2v) is 5.13. The summed E-state index contributed by atoms with van der Waals surface area (Å²) in [6.45, 7) is 10.2. The van der Waals surface area contributed by atoms with Crippen molar-refractivity contribution in [3.05, 3.63) is 29.8 Å². The first-order valence-corrected chi connectivity index (χ1v) is 7.95. The third-order valence-electron chi connectivity index (χ3n) is 3.27. The summed E-state index contributed by atoms with van der Waals surface area (Å²) in [5.74, 6) is 0.985. The highest BCUT2D eigenvalue weighted by Gasteiger charge is 2.03. The molecule has 0 aliphatic carbocycles. The average molecular weight is 294 g/mol. The Bertz CT molecular complexity index is 372. The largest absolute Gasteiger partial charge is 0.492 e. The molecule has 1 aromatic rings. The maximum absolute atomic E-state index is 5.92. The highest BCUT2D eigenvalue weighted by atomic mass is 16.5. The van der Waals surface area contributed by atoms with Gasteiger partial charge in [0, 0.05) is 31.8 Å². The molecule has 120 valence electrons. The van der Waals surface area contributed by atoms with Crippen molar-refractivity contribution in [3.8, 4) is 5.75 Å². The van der Waals surface area contributed by atoms with Gasteiger partial charge in [-0.1, -0.05) is 25.1 Å². The molecule has 0 amide bonds. The van der Waals surface area contributed by atoms with E-state index in [1.54, 1.807) is 0 Å². The molecular weight excluding hydrogens is 264 g/mol. The fourth-order valence-corrected chi connectivity index (χ4v) is 1.98. The normalized spacial score (nSPS) is 11.0. The smallest absolute Gasteiger partial charge is 0.123 e. The van der Waals surface area contributed by atoms with Gasteiger partial charge in [0.05, 0.1) is 6.61 Å². The summed E-state index contributed by atoms with van der Waals surface area (Å²) in [4.78, 5) is 2.23. The monoisotopic (exact) mass is 294 g/mol. The highest BCUT2D eigenvalue weighted by molar-refractivity contribution is 5.33. The van der Waals surface area contributed by atoms with Crippen molar-refractivity contribution >= 4 is 0 Å². The number of hydrogen-bond donors (Lipinski definition) is 1. The quantitative estimate of drug-likeness (QED) is 0.601. The van der Waals surface area contributed by atoms with Crippen molar-refractivity contribution in [2.75, 3.05) is 46.5 Å². The van der Waals surface area contributed by atoms with Gasteiger partial charge in [0.2, 0.25) is 0 Å². The molecule has 0 bridgehead atoms. The third-order valence-corrected chi connectivity index (χ3v) is 3.27. The van der Waals surface area contributed by atoms with Crippen LogP contribution in [0.1, 0.15) is 25.8 Å². The first-order chi connectivity index (χ1) is 10.3. The number of nitrogens with zero attached hydrogens (tertiary/aromatic N) is 1. The SMILES string of the molecule is CCCNCc1ccccc1OCCN(C)CCOCC. The lowest BCUT2D eigenvalue weighted by atomic mass is 10.2. The van der Waals surface area contributed by atoms with Crippen LogP contribution in [-0.4, -0.2) is 51.4 Å². The first-order valence-electron chi connectivity index (χ1n) is 7.95. The Labute approximate surface area is 129 Å². The van der Waals surface area contributed by atoms with Crippen molar-refractivity contribution in [1.82, 2.24) is 10.2 Å². The average Bonchev–Trinajstić information content (AvgIpc) is 2.49. The molecule has 0 unspecified atom stereocenters. The molecule has 0 fully saturated rings. The molecule has 0 saturated heterocycles. The zero-order chi connectivity index (χ0) is 15.3. The van der Waals surface area contributed by atoms with E-state index in [-0.39, 0.29) is 0 Å². The molecule has 0 saturated carbocycles. The summed E-state index contributed by atoms with van der Waals surface area (Å²) in [5.41, 5.74) is 1.22. The van der Waals surface area contributed by atoms with Crippen LogP contribution in [0.5, 0.6) is 5.75 Å². The number of hydrogen-bond acceptors (Lipinski definition) is 4. The highest BCUT2D eigenvalue weighted by Crippen LogP contribution is 2.17. The summed E-state index contributed by atoms with van der Waals surface area (Å²) < 4.78 is 11.3. The predicted octanol–water partition coefficient (Wildman–Crippen LogP) is 2.53. The summed E-state index contributed by atoms with van der Waals surface area (Å²) in [6, 6.07) is 8.25.